The standard InChI is InChI=1S/C11H10.C6H13N/c1-9-5-4-7-10-6-2-3-8-11(9)10;1-4-6(5-2)7-3/h2-8H,1H3;4,7H,5H2,1-3H3/b;6-4+. The molecule has 1 nitrogen and oxygen atoms in total. The fraction of sp³-hybridized carbons (Fsp3) is 0.294. The van der Waals surface area contributed by atoms with Gasteiger partial charge in [-0.15, -0.1) is 0 Å². The highest BCUT2D eigenvalue weighted by Crippen LogP contribution is 2.16. The molecule has 0 saturated heterocycles. The van der Waals surface area contributed by atoms with Gasteiger partial charge in [-0.25, -0.2) is 0 Å². The minimum Gasteiger partial charge on any atom is -0.392 e. The molecular weight excluding hydrogens is 218 g/mol. The second-order valence-corrected chi connectivity index (χ2v) is 4.21. The van der Waals surface area contributed by atoms with Crippen molar-refractivity contribution in [1.29, 1.82) is 0 Å². The zero-order valence-electron chi connectivity index (χ0n) is 11.8. The molecule has 0 atom stereocenters. The number of nitrogens with one attached hydrogen (secondary N) is 1. The summed E-state index contributed by atoms with van der Waals surface area (Å²) in [5, 5.41) is 5.75. The molecule has 96 valence electrons. The Morgan fingerprint density at radius 2 is 1.78 bits per heavy atom. The number of hydrogen-bond donors (Lipinski definition) is 1. The highest BCUT2D eigenvalue weighted by atomic mass is 14.8. The monoisotopic (exact) mass is 241 g/mol. The smallest absolute Gasteiger partial charge is 0.00579 e. The van der Waals surface area contributed by atoms with E-state index in [1.807, 2.05) is 14.0 Å². The van der Waals surface area contributed by atoms with Crippen molar-refractivity contribution in [2.75, 3.05) is 7.05 Å². The van der Waals surface area contributed by atoms with E-state index in [0.717, 1.165) is 6.42 Å². The fourth-order valence-corrected chi connectivity index (χ4v) is 1.91. The van der Waals surface area contributed by atoms with Crippen molar-refractivity contribution >= 4 is 10.8 Å². The summed E-state index contributed by atoms with van der Waals surface area (Å²) in [7, 11) is 1.94. The van der Waals surface area contributed by atoms with Crippen LogP contribution >= 0.6 is 0 Å². The summed E-state index contributed by atoms with van der Waals surface area (Å²) >= 11 is 0. The van der Waals surface area contributed by atoms with E-state index in [-0.39, 0.29) is 0 Å². The van der Waals surface area contributed by atoms with Gasteiger partial charge >= 0.3 is 0 Å². The van der Waals surface area contributed by atoms with Crippen molar-refractivity contribution in [3.63, 3.8) is 0 Å². The lowest BCUT2D eigenvalue weighted by molar-refractivity contribution is 0.896. The largest absolute Gasteiger partial charge is 0.392 e. The van der Waals surface area contributed by atoms with Gasteiger partial charge in [0.1, 0.15) is 0 Å². The molecule has 18 heavy (non-hydrogen) atoms. The lowest BCUT2D eigenvalue weighted by Crippen LogP contribution is -2.02. The molecule has 0 unspecified atom stereocenters. The first-order valence-electron chi connectivity index (χ1n) is 6.50. The minimum absolute atomic E-state index is 1.10. The van der Waals surface area contributed by atoms with Crippen LogP contribution in [0.25, 0.3) is 10.8 Å². The summed E-state index contributed by atoms with van der Waals surface area (Å²) in [5.41, 5.74) is 2.66. The molecular formula is C17H23N. The summed E-state index contributed by atoms with van der Waals surface area (Å²) < 4.78 is 0. The molecule has 0 aliphatic heterocycles. The first kappa shape index (κ1) is 14.3. The molecule has 1 N–H and O–H groups in total. The predicted molar refractivity (Wildman–Crippen MR) is 81.8 cm³/mol. The van der Waals surface area contributed by atoms with E-state index in [0.29, 0.717) is 0 Å². The third kappa shape index (κ3) is 3.92. The van der Waals surface area contributed by atoms with Crippen molar-refractivity contribution < 1.29 is 0 Å². The van der Waals surface area contributed by atoms with Gasteiger partial charge in [-0.05, 0) is 36.6 Å². The fourth-order valence-electron chi connectivity index (χ4n) is 1.91. The maximum atomic E-state index is 3.06. The predicted octanol–water partition coefficient (Wildman–Crippen LogP) is 4.67. The van der Waals surface area contributed by atoms with Crippen molar-refractivity contribution in [1.82, 2.24) is 5.32 Å². The van der Waals surface area contributed by atoms with Crippen molar-refractivity contribution in [2.45, 2.75) is 27.2 Å². The summed E-state index contributed by atoms with van der Waals surface area (Å²) in [4.78, 5) is 0. The molecule has 0 aromatic heterocycles. The number of hydrogen-bond acceptors (Lipinski definition) is 1. The second-order valence-electron chi connectivity index (χ2n) is 4.21. The van der Waals surface area contributed by atoms with Gasteiger partial charge in [0.2, 0.25) is 0 Å². The van der Waals surface area contributed by atoms with E-state index >= 15 is 0 Å². The Hall–Kier alpha value is -1.76. The molecule has 0 radical (unpaired) electrons. The zero-order chi connectivity index (χ0) is 13.4. The van der Waals surface area contributed by atoms with E-state index in [1.54, 1.807) is 0 Å². The average Bonchev–Trinajstić information content (AvgIpc) is 2.42. The SMILES string of the molecule is C/C=C(\CC)NC.Cc1cccc2ccccc12. The number of benzene rings is 2. The van der Waals surface area contributed by atoms with Gasteiger partial charge in [-0.3, -0.25) is 0 Å². The molecule has 0 aliphatic rings. The maximum Gasteiger partial charge on any atom is 0.00579 e. The number of rotatable bonds is 2. The van der Waals surface area contributed by atoms with Gasteiger partial charge < -0.3 is 5.32 Å². The number of allylic oxidation sites excluding steroid dienone is 2. The van der Waals surface area contributed by atoms with Crippen molar-refractivity contribution in [3.8, 4) is 0 Å². The van der Waals surface area contributed by atoms with Gasteiger partial charge in [0.05, 0.1) is 0 Å². The zero-order valence-corrected chi connectivity index (χ0v) is 11.8. The Labute approximate surface area is 111 Å². The molecule has 2 aromatic carbocycles. The van der Waals surface area contributed by atoms with Crippen LogP contribution in [0.5, 0.6) is 0 Å². The molecule has 0 spiro atoms. The van der Waals surface area contributed by atoms with Crippen LogP contribution < -0.4 is 5.32 Å². The van der Waals surface area contributed by atoms with E-state index < -0.39 is 0 Å². The molecule has 2 aromatic rings. The molecule has 0 amide bonds. The molecule has 0 heterocycles. The lowest BCUT2D eigenvalue weighted by Gasteiger charge is -1.98. The highest BCUT2D eigenvalue weighted by molar-refractivity contribution is 5.85. The van der Waals surface area contributed by atoms with Crippen molar-refractivity contribution in [2.24, 2.45) is 0 Å². The van der Waals surface area contributed by atoms with E-state index in [1.165, 1.54) is 22.0 Å². The quantitative estimate of drug-likeness (QED) is 0.805. The average molecular weight is 241 g/mol. The minimum atomic E-state index is 1.10. The highest BCUT2D eigenvalue weighted by Gasteiger charge is 1.92. The van der Waals surface area contributed by atoms with E-state index in [4.69, 9.17) is 0 Å². The van der Waals surface area contributed by atoms with Gasteiger partial charge in [-0.1, -0.05) is 55.5 Å². The summed E-state index contributed by atoms with van der Waals surface area (Å²) in [6.45, 7) is 6.31. The Kier molecular flexibility index (Phi) is 5.99. The van der Waals surface area contributed by atoms with Crippen LogP contribution in [0.15, 0.2) is 54.2 Å². The first-order chi connectivity index (χ1) is 8.72. The third-order valence-electron chi connectivity index (χ3n) is 3.06. The number of fused-ring (bicyclic) bond motifs is 1. The Bertz CT molecular complexity index is 501. The molecule has 2 rings (SSSR count). The van der Waals surface area contributed by atoms with Crippen molar-refractivity contribution in [3.05, 3.63) is 59.8 Å². The van der Waals surface area contributed by atoms with Gasteiger partial charge in [-0.2, -0.15) is 0 Å². The van der Waals surface area contributed by atoms with Crippen LogP contribution in [0.2, 0.25) is 0 Å². The Morgan fingerprint density at radius 3 is 2.28 bits per heavy atom. The van der Waals surface area contributed by atoms with E-state index in [2.05, 4.69) is 67.7 Å². The number of aryl methyl sites for hydroxylation is 1. The lowest BCUT2D eigenvalue weighted by atomic mass is 10.1. The summed E-state index contributed by atoms with van der Waals surface area (Å²) in [6, 6.07) is 14.8. The van der Waals surface area contributed by atoms with Crippen LogP contribution in [-0.2, 0) is 0 Å². The first-order valence-corrected chi connectivity index (χ1v) is 6.50. The molecule has 1 heteroatoms. The van der Waals surface area contributed by atoms with Gasteiger partial charge in [0.25, 0.3) is 0 Å². The van der Waals surface area contributed by atoms with Gasteiger partial charge in [0.15, 0.2) is 0 Å². The molecule has 0 aliphatic carbocycles. The maximum absolute atomic E-state index is 3.06. The third-order valence-corrected chi connectivity index (χ3v) is 3.06. The molecule has 0 bridgehead atoms. The van der Waals surface area contributed by atoms with E-state index in [9.17, 15) is 0 Å². The summed E-state index contributed by atoms with van der Waals surface area (Å²) in [6.07, 6.45) is 3.19. The van der Waals surface area contributed by atoms with Gasteiger partial charge in [0, 0.05) is 12.7 Å². The van der Waals surface area contributed by atoms with Crippen LogP contribution in [0.4, 0.5) is 0 Å². The summed E-state index contributed by atoms with van der Waals surface area (Å²) in [5.74, 6) is 0. The van der Waals surface area contributed by atoms with Crippen LogP contribution in [0.3, 0.4) is 0 Å². The Balaban J connectivity index is 0.000000203. The molecule has 0 fully saturated rings. The normalized spacial score (nSPS) is 10.8. The van der Waals surface area contributed by atoms with Crippen LogP contribution in [0.1, 0.15) is 25.8 Å². The van der Waals surface area contributed by atoms with Crippen LogP contribution in [0, 0.1) is 6.92 Å². The Morgan fingerprint density at radius 1 is 1.11 bits per heavy atom. The topological polar surface area (TPSA) is 12.0 Å². The molecule has 0 saturated carbocycles. The van der Waals surface area contributed by atoms with Crippen LogP contribution in [-0.4, -0.2) is 7.05 Å². The second kappa shape index (κ2) is 7.54.